The maximum absolute atomic E-state index is 5.83. The summed E-state index contributed by atoms with van der Waals surface area (Å²) in [6, 6.07) is 3.96. The second-order valence-electron chi connectivity index (χ2n) is 3.35. The minimum absolute atomic E-state index is 0.176. The van der Waals surface area contributed by atoms with Gasteiger partial charge >= 0.3 is 0 Å². The Hall–Kier alpha value is -1.53. The van der Waals surface area contributed by atoms with Gasteiger partial charge in [-0.15, -0.1) is 6.42 Å². The second kappa shape index (κ2) is 6.05. The first-order chi connectivity index (χ1) is 7.26. The van der Waals surface area contributed by atoms with Crippen LogP contribution in [0.4, 0.5) is 0 Å². The van der Waals surface area contributed by atoms with E-state index in [1.807, 2.05) is 12.1 Å². The number of ether oxygens (including phenoxy) is 1. The Balaban J connectivity index is 2.53. The predicted molar refractivity (Wildman–Crippen MR) is 60.5 cm³/mol. The van der Waals surface area contributed by atoms with Gasteiger partial charge in [0.15, 0.2) is 0 Å². The van der Waals surface area contributed by atoms with Crippen LogP contribution in [-0.2, 0) is 6.42 Å². The molecule has 0 bridgehead atoms. The SMILES string of the molecule is C#CCOc1ccc(CC(N)CC)nc1. The van der Waals surface area contributed by atoms with E-state index in [0.29, 0.717) is 5.75 Å². The lowest BCUT2D eigenvalue weighted by molar-refractivity contribution is 0.368. The van der Waals surface area contributed by atoms with E-state index < -0.39 is 0 Å². The van der Waals surface area contributed by atoms with Crippen LogP contribution in [0.25, 0.3) is 0 Å². The molecule has 80 valence electrons. The van der Waals surface area contributed by atoms with Crippen molar-refractivity contribution in [1.29, 1.82) is 0 Å². The highest BCUT2D eigenvalue weighted by molar-refractivity contribution is 5.20. The summed E-state index contributed by atoms with van der Waals surface area (Å²) in [5, 5.41) is 0. The smallest absolute Gasteiger partial charge is 0.148 e. The zero-order valence-corrected chi connectivity index (χ0v) is 8.94. The summed E-state index contributed by atoms with van der Waals surface area (Å²) in [7, 11) is 0. The Morgan fingerprint density at radius 1 is 1.60 bits per heavy atom. The minimum Gasteiger partial charge on any atom is -0.479 e. The molecule has 3 nitrogen and oxygen atoms in total. The molecule has 0 radical (unpaired) electrons. The van der Waals surface area contributed by atoms with Crippen molar-refractivity contribution in [2.75, 3.05) is 6.61 Å². The van der Waals surface area contributed by atoms with Crippen LogP contribution >= 0.6 is 0 Å². The van der Waals surface area contributed by atoms with Gasteiger partial charge in [0.2, 0.25) is 0 Å². The number of nitrogens with two attached hydrogens (primary N) is 1. The number of pyridine rings is 1. The Kier molecular flexibility index (Phi) is 4.65. The van der Waals surface area contributed by atoms with Crippen LogP contribution in [0, 0.1) is 12.3 Å². The van der Waals surface area contributed by atoms with E-state index in [-0.39, 0.29) is 12.6 Å². The van der Waals surface area contributed by atoms with Gasteiger partial charge < -0.3 is 10.5 Å². The number of nitrogens with zero attached hydrogens (tertiary/aromatic N) is 1. The topological polar surface area (TPSA) is 48.1 Å². The van der Waals surface area contributed by atoms with Crippen molar-refractivity contribution in [3.63, 3.8) is 0 Å². The maximum Gasteiger partial charge on any atom is 0.148 e. The Labute approximate surface area is 90.7 Å². The summed E-state index contributed by atoms with van der Waals surface area (Å²) in [5.41, 5.74) is 6.81. The Morgan fingerprint density at radius 3 is 2.93 bits per heavy atom. The summed E-state index contributed by atoms with van der Waals surface area (Å²) in [6.45, 7) is 2.34. The van der Waals surface area contributed by atoms with Gasteiger partial charge in [-0.1, -0.05) is 12.8 Å². The molecule has 0 spiro atoms. The molecule has 2 N–H and O–H groups in total. The average molecular weight is 204 g/mol. The molecule has 0 aliphatic rings. The standard InChI is InChI=1S/C12H16N2O/c1-3-7-15-12-6-5-11(14-9-12)8-10(13)4-2/h1,5-6,9-10H,4,7-8,13H2,2H3. The number of terminal acetylenes is 1. The first-order valence-electron chi connectivity index (χ1n) is 5.03. The van der Waals surface area contributed by atoms with Gasteiger partial charge in [0.1, 0.15) is 12.4 Å². The molecule has 0 aliphatic carbocycles. The van der Waals surface area contributed by atoms with Crippen molar-refractivity contribution >= 4 is 0 Å². The molecule has 1 rings (SSSR count). The van der Waals surface area contributed by atoms with Crippen molar-refractivity contribution in [2.24, 2.45) is 5.73 Å². The van der Waals surface area contributed by atoms with Crippen LogP contribution in [0.2, 0.25) is 0 Å². The molecule has 0 aliphatic heterocycles. The zero-order chi connectivity index (χ0) is 11.1. The molecule has 1 aromatic heterocycles. The minimum atomic E-state index is 0.176. The molecule has 0 amide bonds. The quantitative estimate of drug-likeness (QED) is 0.737. The number of aromatic nitrogens is 1. The maximum atomic E-state index is 5.83. The zero-order valence-electron chi connectivity index (χ0n) is 8.94. The lowest BCUT2D eigenvalue weighted by atomic mass is 10.1. The number of hydrogen-bond donors (Lipinski definition) is 1. The number of hydrogen-bond acceptors (Lipinski definition) is 3. The van der Waals surface area contributed by atoms with E-state index in [0.717, 1.165) is 18.5 Å². The highest BCUT2D eigenvalue weighted by Crippen LogP contribution is 2.10. The fourth-order valence-electron chi connectivity index (χ4n) is 1.16. The van der Waals surface area contributed by atoms with Gasteiger partial charge in [-0.05, 0) is 18.6 Å². The van der Waals surface area contributed by atoms with Crippen LogP contribution in [0.1, 0.15) is 19.0 Å². The molecule has 1 unspecified atom stereocenters. The van der Waals surface area contributed by atoms with Gasteiger partial charge in [0.25, 0.3) is 0 Å². The molecule has 0 aromatic carbocycles. The highest BCUT2D eigenvalue weighted by atomic mass is 16.5. The molecule has 1 heterocycles. The van der Waals surface area contributed by atoms with Crippen molar-refractivity contribution in [2.45, 2.75) is 25.8 Å². The van der Waals surface area contributed by atoms with E-state index in [1.54, 1.807) is 6.20 Å². The summed E-state index contributed by atoms with van der Waals surface area (Å²) >= 11 is 0. The largest absolute Gasteiger partial charge is 0.479 e. The normalized spacial score (nSPS) is 11.8. The van der Waals surface area contributed by atoms with Crippen LogP contribution < -0.4 is 10.5 Å². The lowest BCUT2D eigenvalue weighted by Gasteiger charge is -2.08. The molecule has 0 fully saturated rings. The van der Waals surface area contributed by atoms with Gasteiger partial charge in [-0.2, -0.15) is 0 Å². The van der Waals surface area contributed by atoms with E-state index in [2.05, 4.69) is 17.8 Å². The monoisotopic (exact) mass is 204 g/mol. The Morgan fingerprint density at radius 2 is 2.40 bits per heavy atom. The van der Waals surface area contributed by atoms with E-state index in [9.17, 15) is 0 Å². The van der Waals surface area contributed by atoms with Crippen molar-refractivity contribution in [1.82, 2.24) is 4.98 Å². The molecule has 3 heteroatoms. The van der Waals surface area contributed by atoms with Crippen LogP contribution in [0.15, 0.2) is 18.3 Å². The predicted octanol–water partition coefficient (Wildman–Crippen LogP) is 1.37. The molecular formula is C12H16N2O. The third-order valence-electron chi connectivity index (χ3n) is 2.12. The average Bonchev–Trinajstić information content (AvgIpc) is 2.28. The lowest BCUT2D eigenvalue weighted by Crippen LogP contribution is -2.21. The van der Waals surface area contributed by atoms with Crippen molar-refractivity contribution < 1.29 is 4.74 Å². The van der Waals surface area contributed by atoms with E-state index in [1.165, 1.54) is 0 Å². The summed E-state index contributed by atoms with van der Waals surface area (Å²) < 4.78 is 5.21. The molecule has 0 saturated carbocycles. The summed E-state index contributed by atoms with van der Waals surface area (Å²) in [5.74, 6) is 3.10. The molecular weight excluding hydrogens is 188 g/mol. The van der Waals surface area contributed by atoms with Crippen LogP contribution in [0.5, 0.6) is 5.75 Å². The third-order valence-corrected chi connectivity index (χ3v) is 2.12. The molecule has 1 atom stereocenters. The van der Waals surface area contributed by atoms with Gasteiger partial charge in [-0.3, -0.25) is 4.98 Å². The third kappa shape index (κ3) is 4.01. The highest BCUT2D eigenvalue weighted by Gasteiger charge is 2.02. The summed E-state index contributed by atoms with van der Waals surface area (Å²) in [4.78, 5) is 4.25. The van der Waals surface area contributed by atoms with Crippen LogP contribution in [-0.4, -0.2) is 17.6 Å². The molecule has 15 heavy (non-hydrogen) atoms. The molecule has 1 aromatic rings. The first kappa shape index (κ1) is 11.5. The van der Waals surface area contributed by atoms with Crippen molar-refractivity contribution in [3.05, 3.63) is 24.0 Å². The fourth-order valence-corrected chi connectivity index (χ4v) is 1.16. The first-order valence-corrected chi connectivity index (χ1v) is 5.03. The van der Waals surface area contributed by atoms with Gasteiger partial charge in [-0.25, -0.2) is 0 Å². The molecule has 0 saturated heterocycles. The Bertz CT molecular complexity index is 326. The van der Waals surface area contributed by atoms with E-state index >= 15 is 0 Å². The van der Waals surface area contributed by atoms with Crippen molar-refractivity contribution in [3.8, 4) is 18.1 Å². The summed E-state index contributed by atoms with van der Waals surface area (Å²) in [6.07, 6.45) is 8.51. The second-order valence-corrected chi connectivity index (χ2v) is 3.35. The van der Waals surface area contributed by atoms with Crippen LogP contribution in [0.3, 0.4) is 0 Å². The van der Waals surface area contributed by atoms with Gasteiger partial charge in [0, 0.05) is 18.2 Å². The van der Waals surface area contributed by atoms with E-state index in [4.69, 9.17) is 16.9 Å². The number of rotatable bonds is 5. The van der Waals surface area contributed by atoms with Gasteiger partial charge in [0.05, 0.1) is 6.20 Å². The fraction of sp³-hybridized carbons (Fsp3) is 0.417.